The minimum Gasteiger partial charge on any atom is -0.392 e. The standard InChI is InChI=1S/C23H17ClF3N3O2/c24-18-3-1-2-17(23(25,26)27)20(18)22(32)30-19-10-14(11-28)6-9-16(19)21(29-30)15-7-4-13(12-31)5-8-15/h1-10,31H,11-12,28H2. The molecular weight excluding hydrogens is 443 g/mol. The molecule has 3 aromatic carbocycles. The van der Waals surface area contributed by atoms with Crippen molar-refractivity contribution < 1.29 is 23.1 Å². The van der Waals surface area contributed by atoms with Gasteiger partial charge in [-0.3, -0.25) is 4.79 Å². The highest BCUT2D eigenvalue weighted by molar-refractivity contribution is 6.34. The van der Waals surface area contributed by atoms with E-state index in [1.54, 1.807) is 42.5 Å². The van der Waals surface area contributed by atoms with Crippen molar-refractivity contribution in [1.82, 2.24) is 9.78 Å². The van der Waals surface area contributed by atoms with E-state index >= 15 is 0 Å². The number of aliphatic hydroxyl groups excluding tert-OH is 1. The maximum absolute atomic E-state index is 13.6. The zero-order chi connectivity index (χ0) is 23.0. The van der Waals surface area contributed by atoms with Gasteiger partial charge in [-0.25, -0.2) is 0 Å². The van der Waals surface area contributed by atoms with Gasteiger partial charge in [0.05, 0.1) is 28.3 Å². The maximum atomic E-state index is 13.6. The molecule has 0 saturated heterocycles. The molecule has 0 radical (unpaired) electrons. The Balaban J connectivity index is 1.96. The third-order valence-corrected chi connectivity index (χ3v) is 5.43. The highest BCUT2D eigenvalue weighted by Gasteiger charge is 2.37. The van der Waals surface area contributed by atoms with E-state index in [-0.39, 0.29) is 18.2 Å². The molecular formula is C23H17ClF3N3O2. The third-order valence-electron chi connectivity index (χ3n) is 5.12. The van der Waals surface area contributed by atoms with Crippen molar-refractivity contribution in [3.05, 3.63) is 87.9 Å². The number of fused-ring (bicyclic) bond motifs is 1. The van der Waals surface area contributed by atoms with Gasteiger partial charge in [0.1, 0.15) is 5.69 Å². The van der Waals surface area contributed by atoms with Crippen LogP contribution in [0.1, 0.15) is 27.0 Å². The second-order valence-corrected chi connectivity index (χ2v) is 7.54. The van der Waals surface area contributed by atoms with Crippen LogP contribution in [0.15, 0.2) is 60.7 Å². The molecule has 0 atom stereocenters. The van der Waals surface area contributed by atoms with Crippen molar-refractivity contribution in [2.75, 3.05) is 0 Å². The fourth-order valence-corrected chi connectivity index (χ4v) is 3.76. The van der Waals surface area contributed by atoms with Crippen molar-refractivity contribution in [3.63, 3.8) is 0 Å². The Morgan fingerprint density at radius 3 is 2.38 bits per heavy atom. The number of rotatable bonds is 4. The van der Waals surface area contributed by atoms with Crippen LogP contribution < -0.4 is 5.73 Å². The topological polar surface area (TPSA) is 81.1 Å². The molecule has 1 heterocycles. The van der Waals surface area contributed by atoms with E-state index in [0.717, 1.165) is 16.8 Å². The number of aromatic nitrogens is 2. The molecule has 164 valence electrons. The van der Waals surface area contributed by atoms with Crippen LogP contribution in [0.4, 0.5) is 13.2 Å². The molecule has 3 N–H and O–H groups in total. The van der Waals surface area contributed by atoms with Crippen molar-refractivity contribution in [2.45, 2.75) is 19.3 Å². The Labute approximate surface area is 185 Å². The van der Waals surface area contributed by atoms with Crippen LogP contribution in [0.3, 0.4) is 0 Å². The second-order valence-electron chi connectivity index (χ2n) is 7.14. The molecule has 9 heteroatoms. The number of halogens is 4. The van der Waals surface area contributed by atoms with Gasteiger partial charge in [-0.15, -0.1) is 0 Å². The highest BCUT2D eigenvalue weighted by atomic mass is 35.5. The summed E-state index contributed by atoms with van der Waals surface area (Å²) in [6, 6.07) is 15.1. The van der Waals surface area contributed by atoms with E-state index in [1.165, 1.54) is 6.07 Å². The molecule has 5 nitrogen and oxygen atoms in total. The fourth-order valence-electron chi connectivity index (χ4n) is 3.51. The quantitative estimate of drug-likeness (QED) is 0.449. The van der Waals surface area contributed by atoms with E-state index in [0.29, 0.717) is 33.3 Å². The Morgan fingerprint density at radius 1 is 1.06 bits per heavy atom. The predicted octanol–water partition coefficient (Wildman–Crippen LogP) is 5.02. The normalized spacial score (nSPS) is 11.8. The Morgan fingerprint density at radius 2 is 1.75 bits per heavy atom. The summed E-state index contributed by atoms with van der Waals surface area (Å²) < 4.78 is 41.7. The van der Waals surface area contributed by atoms with Gasteiger partial charge in [0.15, 0.2) is 0 Å². The van der Waals surface area contributed by atoms with Gasteiger partial charge in [-0.2, -0.15) is 23.0 Å². The SMILES string of the molecule is NCc1ccc2c(-c3ccc(CO)cc3)nn(C(=O)c3c(Cl)cccc3C(F)(F)F)c2c1. The lowest BCUT2D eigenvalue weighted by Gasteiger charge is -2.13. The number of carbonyl (C=O) groups excluding carboxylic acids is 1. The lowest BCUT2D eigenvalue weighted by molar-refractivity contribution is -0.137. The van der Waals surface area contributed by atoms with E-state index in [2.05, 4.69) is 5.10 Å². The molecule has 0 spiro atoms. The summed E-state index contributed by atoms with van der Waals surface area (Å²) in [5.74, 6) is -1.000. The summed E-state index contributed by atoms with van der Waals surface area (Å²) in [7, 11) is 0. The first-order chi connectivity index (χ1) is 15.2. The number of carbonyl (C=O) groups is 1. The first kappa shape index (κ1) is 22.0. The number of benzene rings is 3. The lowest BCUT2D eigenvalue weighted by Crippen LogP contribution is -2.20. The zero-order valence-corrected chi connectivity index (χ0v) is 17.3. The predicted molar refractivity (Wildman–Crippen MR) is 115 cm³/mol. The first-order valence-electron chi connectivity index (χ1n) is 9.57. The van der Waals surface area contributed by atoms with Gasteiger partial charge >= 0.3 is 6.18 Å². The third kappa shape index (κ3) is 3.88. The lowest BCUT2D eigenvalue weighted by atomic mass is 10.0. The monoisotopic (exact) mass is 459 g/mol. The van der Waals surface area contributed by atoms with Crippen LogP contribution in [0, 0.1) is 0 Å². The van der Waals surface area contributed by atoms with Gasteiger partial charge in [-0.1, -0.05) is 54.1 Å². The molecule has 0 amide bonds. The number of nitrogens with zero attached hydrogens (tertiary/aromatic N) is 2. The van der Waals surface area contributed by atoms with Crippen LogP contribution in [-0.2, 0) is 19.3 Å². The summed E-state index contributed by atoms with van der Waals surface area (Å²) in [4.78, 5) is 13.3. The van der Waals surface area contributed by atoms with Crippen LogP contribution in [0.5, 0.6) is 0 Å². The molecule has 0 aliphatic carbocycles. The minimum absolute atomic E-state index is 0.138. The summed E-state index contributed by atoms with van der Waals surface area (Å²) in [6.45, 7) is 0.0380. The fraction of sp³-hybridized carbons (Fsp3) is 0.130. The van der Waals surface area contributed by atoms with Crippen molar-refractivity contribution >= 4 is 28.4 Å². The van der Waals surface area contributed by atoms with Gasteiger partial charge in [-0.05, 0) is 29.3 Å². The molecule has 0 bridgehead atoms. The van der Waals surface area contributed by atoms with Crippen molar-refractivity contribution in [3.8, 4) is 11.3 Å². The molecule has 0 saturated carbocycles. The summed E-state index contributed by atoms with van der Waals surface area (Å²) in [5, 5.41) is 13.9. The number of hydrogen-bond acceptors (Lipinski definition) is 4. The number of hydrogen-bond donors (Lipinski definition) is 2. The maximum Gasteiger partial charge on any atom is 0.417 e. The number of alkyl halides is 3. The largest absolute Gasteiger partial charge is 0.417 e. The van der Waals surface area contributed by atoms with Crippen LogP contribution >= 0.6 is 11.6 Å². The van der Waals surface area contributed by atoms with Crippen LogP contribution in [-0.4, -0.2) is 20.8 Å². The van der Waals surface area contributed by atoms with Crippen molar-refractivity contribution in [2.24, 2.45) is 5.73 Å². The van der Waals surface area contributed by atoms with Gasteiger partial charge in [0, 0.05) is 17.5 Å². The molecule has 0 fully saturated rings. The molecule has 0 unspecified atom stereocenters. The number of nitrogens with two attached hydrogens (primary N) is 1. The van der Waals surface area contributed by atoms with E-state index in [1.807, 2.05) is 0 Å². The first-order valence-corrected chi connectivity index (χ1v) is 9.94. The summed E-state index contributed by atoms with van der Waals surface area (Å²) in [6.07, 6.45) is -4.77. The summed E-state index contributed by atoms with van der Waals surface area (Å²) in [5.41, 5.74) is 6.63. The highest BCUT2D eigenvalue weighted by Crippen LogP contribution is 2.36. The molecule has 4 rings (SSSR count). The zero-order valence-electron chi connectivity index (χ0n) is 16.5. The van der Waals surface area contributed by atoms with E-state index in [9.17, 15) is 23.1 Å². The molecule has 1 aromatic heterocycles. The molecule has 32 heavy (non-hydrogen) atoms. The van der Waals surface area contributed by atoms with E-state index in [4.69, 9.17) is 17.3 Å². The van der Waals surface area contributed by atoms with Gasteiger partial charge in [0.2, 0.25) is 0 Å². The van der Waals surface area contributed by atoms with Crippen LogP contribution in [0.25, 0.3) is 22.2 Å². The average molecular weight is 460 g/mol. The van der Waals surface area contributed by atoms with Gasteiger partial charge < -0.3 is 10.8 Å². The molecule has 4 aromatic rings. The van der Waals surface area contributed by atoms with Crippen molar-refractivity contribution in [1.29, 1.82) is 0 Å². The second kappa shape index (κ2) is 8.38. The molecule has 0 aliphatic heterocycles. The summed E-state index contributed by atoms with van der Waals surface area (Å²) >= 11 is 6.04. The Kier molecular flexibility index (Phi) is 5.77. The Hall–Kier alpha value is -3.20. The van der Waals surface area contributed by atoms with Gasteiger partial charge in [0.25, 0.3) is 5.91 Å². The van der Waals surface area contributed by atoms with Crippen LogP contribution in [0.2, 0.25) is 5.02 Å². The Bertz CT molecular complexity index is 1310. The minimum atomic E-state index is -4.77. The average Bonchev–Trinajstić information content (AvgIpc) is 3.16. The molecule has 0 aliphatic rings. The smallest absolute Gasteiger partial charge is 0.392 e. The van der Waals surface area contributed by atoms with E-state index < -0.39 is 23.2 Å². The number of aliphatic hydroxyl groups is 1.